The Bertz CT molecular complexity index is 3120. The van der Waals surface area contributed by atoms with Gasteiger partial charge >= 0.3 is 0 Å². The van der Waals surface area contributed by atoms with E-state index in [1.54, 1.807) is 0 Å². The highest BCUT2D eigenvalue weighted by atomic mass is 32.2. The van der Waals surface area contributed by atoms with Crippen molar-refractivity contribution in [3.8, 4) is 50.7 Å². The molecule has 0 saturated heterocycles. The van der Waals surface area contributed by atoms with Crippen molar-refractivity contribution >= 4 is 33.6 Å². The Morgan fingerprint density at radius 3 is 1.65 bits per heavy atom. The van der Waals surface area contributed by atoms with Crippen molar-refractivity contribution < 1.29 is 0 Å². The van der Waals surface area contributed by atoms with Crippen LogP contribution < -0.4 is 0 Å². The summed E-state index contributed by atoms with van der Waals surface area (Å²) in [5, 5.41) is 2.50. The Hall–Kier alpha value is -7.01. The summed E-state index contributed by atoms with van der Waals surface area (Å²) < 4.78 is 2.36. The van der Waals surface area contributed by atoms with Crippen LogP contribution in [0.25, 0.3) is 72.5 Å². The summed E-state index contributed by atoms with van der Waals surface area (Å²) in [6, 6.07) is 72.4. The molecule has 8 aromatic carbocycles. The van der Waals surface area contributed by atoms with Gasteiger partial charge in [-0.25, -0.2) is 9.97 Å². The molecule has 0 N–H and O–H groups in total. The van der Waals surface area contributed by atoms with Gasteiger partial charge in [-0.3, -0.25) is 0 Å². The summed E-state index contributed by atoms with van der Waals surface area (Å²) in [7, 11) is 0. The minimum Gasteiger partial charge on any atom is -0.309 e. The van der Waals surface area contributed by atoms with Gasteiger partial charge in [-0.05, 0) is 75.8 Å². The normalized spacial score (nSPS) is 13.3. The molecule has 0 unspecified atom stereocenters. The Morgan fingerprint density at radius 2 is 0.947 bits per heavy atom. The lowest BCUT2D eigenvalue weighted by Gasteiger charge is -2.40. The first-order valence-corrected chi connectivity index (χ1v) is 20.2. The molecule has 0 amide bonds. The van der Waals surface area contributed by atoms with Gasteiger partial charge in [-0.2, -0.15) is 0 Å². The van der Waals surface area contributed by atoms with Crippen LogP contribution in [0.5, 0.6) is 0 Å². The molecule has 2 aliphatic rings. The van der Waals surface area contributed by atoms with Gasteiger partial charge in [0.15, 0.2) is 5.82 Å². The number of fused-ring (bicyclic) bond motifs is 12. The molecule has 1 spiro atoms. The SMILES string of the molecule is c1ccc(-c2nc(-c3ccc(-n4c5ccccc5c5ccccc54)cc3)cc(-c3cccc4c3C3(c5ccccc5Sc5ccccc53)c3ccccc3-4)n2)cc1. The predicted molar refractivity (Wildman–Crippen MR) is 234 cm³/mol. The van der Waals surface area contributed by atoms with Crippen LogP contribution in [0.2, 0.25) is 0 Å². The molecule has 1 aliphatic carbocycles. The van der Waals surface area contributed by atoms with Crippen LogP contribution in [0.4, 0.5) is 0 Å². The first kappa shape index (κ1) is 32.3. The van der Waals surface area contributed by atoms with E-state index in [4.69, 9.17) is 9.97 Å². The molecule has 4 heteroatoms. The smallest absolute Gasteiger partial charge is 0.160 e. The van der Waals surface area contributed by atoms with Gasteiger partial charge in [-0.1, -0.05) is 169 Å². The fraction of sp³-hybridized carbons (Fsp3) is 0.0189. The van der Waals surface area contributed by atoms with Crippen molar-refractivity contribution in [1.82, 2.24) is 14.5 Å². The second-order valence-electron chi connectivity index (χ2n) is 14.9. The van der Waals surface area contributed by atoms with E-state index in [9.17, 15) is 0 Å². The average molecular weight is 744 g/mol. The van der Waals surface area contributed by atoms with Gasteiger partial charge in [-0.15, -0.1) is 0 Å². The highest BCUT2D eigenvalue weighted by molar-refractivity contribution is 7.99. The second-order valence-corrected chi connectivity index (χ2v) is 15.9. The maximum absolute atomic E-state index is 5.44. The van der Waals surface area contributed by atoms with Gasteiger partial charge < -0.3 is 4.57 Å². The largest absolute Gasteiger partial charge is 0.309 e. The third-order valence-electron chi connectivity index (χ3n) is 11.9. The zero-order chi connectivity index (χ0) is 37.5. The summed E-state index contributed by atoms with van der Waals surface area (Å²) in [5.41, 5.74) is 15.6. The Morgan fingerprint density at radius 1 is 0.404 bits per heavy atom. The quantitative estimate of drug-likeness (QED) is 0.180. The lowest BCUT2D eigenvalue weighted by Crippen LogP contribution is -2.32. The van der Waals surface area contributed by atoms with Crippen LogP contribution in [0.3, 0.4) is 0 Å². The van der Waals surface area contributed by atoms with Crippen molar-refractivity contribution in [2.45, 2.75) is 15.2 Å². The molecule has 0 radical (unpaired) electrons. The molecule has 0 fully saturated rings. The lowest BCUT2D eigenvalue weighted by molar-refractivity contribution is 0.723. The highest BCUT2D eigenvalue weighted by Crippen LogP contribution is 2.63. The van der Waals surface area contributed by atoms with E-state index < -0.39 is 5.41 Å². The van der Waals surface area contributed by atoms with E-state index in [1.807, 2.05) is 17.8 Å². The average Bonchev–Trinajstić information content (AvgIpc) is 3.78. The van der Waals surface area contributed by atoms with E-state index in [0.29, 0.717) is 5.82 Å². The number of aromatic nitrogens is 3. The molecule has 0 atom stereocenters. The van der Waals surface area contributed by atoms with Crippen molar-refractivity contribution in [3.05, 3.63) is 222 Å². The van der Waals surface area contributed by atoms with Gasteiger partial charge in [0.2, 0.25) is 0 Å². The third-order valence-corrected chi connectivity index (χ3v) is 13.0. The van der Waals surface area contributed by atoms with E-state index >= 15 is 0 Å². The summed E-state index contributed by atoms with van der Waals surface area (Å²) in [4.78, 5) is 13.3. The molecule has 3 heterocycles. The maximum Gasteiger partial charge on any atom is 0.160 e. The molecular weight excluding hydrogens is 711 g/mol. The van der Waals surface area contributed by atoms with Crippen molar-refractivity contribution in [3.63, 3.8) is 0 Å². The molecular formula is C53H33N3S. The summed E-state index contributed by atoms with van der Waals surface area (Å²) in [6.07, 6.45) is 0. The van der Waals surface area contributed by atoms with E-state index in [2.05, 4.69) is 199 Å². The number of para-hydroxylation sites is 2. The minimum atomic E-state index is -0.525. The lowest BCUT2D eigenvalue weighted by atomic mass is 9.66. The monoisotopic (exact) mass is 743 g/mol. The number of hydrogen-bond acceptors (Lipinski definition) is 3. The van der Waals surface area contributed by atoms with E-state index in [-0.39, 0.29) is 0 Å². The number of benzene rings is 8. The van der Waals surface area contributed by atoms with E-state index in [1.165, 1.54) is 65.0 Å². The van der Waals surface area contributed by atoms with Gasteiger partial charge in [0, 0.05) is 42.9 Å². The maximum atomic E-state index is 5.44. The van der Waals surface area contributed by atoms with Crippen molar-refractivity contribution in [1.29, 1.82) is 0 Å². The third kappa shape index (κ3) is 4.68. The topological polar surface area (TPSA) is 30.7 Å². The number of nitrogens with zero attached hydrogens (tertiary/aromatic N) is 3. The Kier molecular flexibility index (Phi) is 7.08. The van der Waals surface area contributed by atoms with Gasteiger partial charge in [0.05, 0.1) is 27.8 Å². The molecule has 2 aromatic heterocycles. The minimum absolute atomic E-state index is 0.525. The zero-order valence-corrected chi connectivity index (χ0v) is 31.6. The Balaban J connectivity index is 1.09. The molecule has 12 rings (SSSR count). The molecule has 10 aromatic rings. The van der Waals surface area contributed by atoms with Crippen LogP contribution >= 0.6 is 11.8 Å². The fourth-order valence-corrected chi connectivity index (χ4v) is 10.8. The molecule has 1 aliphatic heterocycles. The molecule has 0 saturated carbocycles. The van der Waals surface area contributed by atoms with Gasteiger partial charge in [0.25, 0.3) is 0 Å². The Labute approximate surface area is 335 Å². The van der Waals surface area contributed by atoms with Crippen LogP contribution in [-0.4, -0.2) is 14.5 Å². The fourth-order valence-electron chi connectivity index (χ4n) is 9.56. The molecule has 3 nitrogen and oxygen atoms in total. The van der Waals surface area contributed by atoms with Crippen LogP contribution in [0.1, 0.15) is 22.3 Å². The first-order chi connectivity index (χ1) is 28.3. The predicted octanol–water partition coefficient (Wildman–Crippen LogP) is 13.4. The van der Waals surface area contributed by atoms with Crippen LogP contribution in [0, 0.1) is 0 Å². The molecule has 57 heavy (non-hydrogen) atoms. The van der Waals surface area contributed by atoms with Crippen LogP contribution in [0.15, 0.2) is 210 Å². The standard InChI is InChI=1S/C53H33N3S/c1-2-15-35(16-3-1)52-54-45(34-29-31-36(32-30-34)56-47-25-10-5-18-38(47)39-19-6-11-26-48(39)56)33-46(55-52)41-21-14-20-40-37-17-4-7-22-42(37)53(51(40)41)43-23-8-12-27-49(43)57-50-28-13-9-24-44(50)53/h1-33H. The molecule has 0 bridgehead atoms. The van der Waals surface area contributed by atoms with Crippen LogP contribution in [-0.2, 0) is 5.41 Å². The number of hydrogen-bond donors (Lipinski definition) is 0. The summed E-state index contributed by atoms with van der Waals surface area (Å²) in [6.45, 7) is 0. The van der Waals surface area contributed by atoms with Gasteiger partial charge in [0.1, 0.15) is 0 Å². The highest BCUT2D eigenvalue weighted by Gasteiger charge is 2.51. The summed E-state index contributed by atoms with van der Waals surface area (Å²) >= 11 is 1.87. The second kappa shape index (κ2) is 12.5. The first-order valence-electron chi connectivity index (χ1n) is 19.4. The van der Waals surface area contributed by atoms with Crippen molar-refractivity contribution in [2.75, 3.05) is 0 Å². The zero-order valence-electron chi connectivity index (χ0n) is 30.8. The molecule has 266 valence electrons. The van der Waals surface area contributed by atoms with E-state index in [0.717, 1.165) is 33.8 Å². The number of rotatable bonds is 4. The van der Waals surface area contributed by atoms with Crippen molar-refractivity contribution in [2.24, 2.45) is 0 Å². The summed E-state index contributed by atoms with van der Waals surface area (Å²) in [5.74, 6) is 0.705.